The minimum Gasteiger partial charge on any atom is -0.482 e. The van der Waals surface area contributed by atoms with E-state index in [2.05, 4.69) is 5.32 Å². The molecule has 150 valence electrons. The third-order valence-corrected chi connectivity index (χ3v) is 5.01. The van der Waals surface area contributed by atoms with Crippen LogP contribution in [0.2, 0.25) is 0 Å². The molecule has 0 bridgehead atoms. The summed E-state index contributed by atoms with van der Waals surface area (Å²) in [4.78, 5) is 24.4. The number of hydrogen-bond acceptors (Lipinski definition) is 5. The van der Waals surface area contributed by atoms with Gasteiger partial charge < -0.3 is 15.2 Å². The Morgan fingerprint density at radius 2 is 1.27 bits per heavy atom. The van der Waals surface area contributed by atoms with Gasteiger partial charge >= 0.3 is 0 Å². The van der Waals surface area contributed by atoms with Crippen molar-refractivity contribution in [2.75, 3.05) is 5.32 Å². The summed E-state index contributed by atoms with van der Waals surface area (Å²) in [6.07, 6.45) is -0.931. The molecule has 0 aromatic heterocycles. The van der Waals surface area contributed by atoms with Crippen LogP contribution in [0, 0.1) is 0 Å². The second-order valence-corrected chi connectivity index (χ2v) is 7.02. The minimum atomic E-state index is -0.931. The van der Waals surface area contributed by atoms with Crippen molar-refractivity contribution < 1.29 is 9.84 Å². The quantitative estimate of drug-likeness (QED) is 0.442. The second-order valence-electron chi connectivity index (χ2n) is 7.02. The van der Waals surface area contributed by atoms with Crippen LogP contribution in [-0.4, -0.2) is 5.11 Å². The van der Waals surface area contributed by atoms with Gasteiger partial charge in [0.15, 0.2) is 5.75 Å². The molecule has 0 aliphatic heterocycles. The van der Waals surface area contributed by atoms with Crippen LogP contribution in [0.5, 0.6) is 5.75 Å². The highest BCUT2D eigenvalue weighted by Gasteiger charge is 2.29. The Hall–Kier alpha value is -3.70. The zero-order valence-electron chi connectivity index (χ0n) is 16.2. The van der Waals surface area contributed by atoms with Gasteiger partial charge in [0.05, 0.1) is 6.04 Å². The molecule has 0 saturated carbocycles. The van der Waals surface area contributed by atoms with Gasteiger partial charge in [0.25, 0.3) is 10.9 Å². The summed E-state index contributed by atoms with van der Waals surface area (Å²) >= 11 is 0. The second kappa shape index (κ2) is 8.76. The molecule has 4 rings (SSSR count). The highest BCUT2D eigenvalue weighted by Crippen LogP contribution is 2.33. The number of anilines is 1. The first-order valence-electron chi connectivity index (χ1n) is 9.69. The molecule has 30 heavy (non-hydrogen) atoms. The molecule has 5 nitrogen and oxygen atoms in total. The molecule has 0 aliphatic carbocycles. The predicted molar refractivity (Wildman–Crippen MR) is 116 cm³/mol. The first-order valence-corrected chi connectivity index (χ1v) is 9.69. The number of benzene rings is 3. The lowest BCUT2D eigenvalue weighted by Crippen LogP contribution is -2.37. The van der Waals surface area contributed by atoms with Crippen LogP contribution in [-0.2, 0) is 6.61 Å². The van der Waals surface area contributed by atoms with Gasteiger partial charge in [-0.3, -0.25) is 9.59 Å². The summed E-state index contributed by atoms with van der Waals surface area (Å²) in [7, 11) is 0. The fourth-order valence-corrected chi connectivity index (χ4v) is 3.37. The van der Waals surface area contributed by atoms with E-state index in [0.29, 0.717) is 5.56 Å². The first kappa shape index (κ1) is 19.6. The number of nitrogens with one attached hydrogen (secondary N) is 1. The maximum Gasteiger partial charge on any atom is 0.272 e. The summed E-state index contributed by atoms with van der Waals surface area (Å²) in [5.41, 5.74) is 1.18. The highest BCUT2D eigenvalue weighted by atomic mass is 16.5. The van der Waals surface area contributed by atoms with E-state index in [-0.39, 0.29) is 18.0 Å². The molecule has 0 aliphatic rings. The largest absolute Gasteiger partial charge is 0.482 e. The van der Waals surface area contributed by atoms with Crippen molar-refractivity contribution in [3.8, 4) is 5.75 Å². The average Bonchev–Trinajstić information content (AvgIpc) is 2.82. The summed E-state index contributed by atoms with van der Waals surface area (Å²) in [6, 6.07) is 27.3. The van der Waals surface area contributed by atoms with Gasteiger partial charge in [-0.1, -0.05) is 91.0 Å². The lowest BCUT2D eigenvalue weighted by atomic mass is 9.95. The van der Waals surface area contributed by atoms with Gasteiger partial charge in [-0.15, -0.1) is 0 Å². The van der Waals surface area contributed by atoms with Crippen molar-refractivity contribution in [2.45, 2.75) is 18.8 Å². The van der Waals surface area contributed by atoms with Crippen LogP contribution in [0.1, 0.15) is 28.8 Å². The number of ether oxygens (including phenoxy) is 1. The first-order chi connectivity index (χ1) is 14.6. The van der Waals surface area contributed by atoms with Crippen LogP contribution in [0.3, 0.4) is 0 Å². The van der Waals surface area contributed by atoms with Gasteiger partial charge in [-0.2, -0.15) is 0 Å². The number of aliphatic hydroxyl groups excluding tert-OH is 1. The molecule has 0 amide bonds. The Morgan fingerprint density at radius 3 is 1.87 bits per heavy atom. The summed E-state index contributed by atoms with van der Waals surface area (Å²) in [5.74, 6) is 0.00467. The molecule has 0 unspecified atom stereocenters. The Balaban J connectivity index is 1.61. The van der Waals surface area contributed by atoms with E-state index in [0.717, 1.165) is 11.1 Å². The standard InChI is InChI=1S/C25H21NO4/c27-22(19-14-8-3-9-15-19)20(18-12-6-2-7-13-18)26-21-23(28)24(29)25(21)30-16-17-10-4-1-5-11-17/h1-15,20,22,26-27H,16H2/t20-,22+/m0/s1. The van der Waals surface area contributed by atoms with Crippen LogP contribution in [0.15, 0.2) is 101 Å². The number of rotatable bonds is 8. The summed E-state index contributed by atoms with van der Waals surface area (Å²) in [5, 5.41) is 14.1. The number of aliphatic hydroxyl groups is 1. The SMILES string of the molecule is O=c1c(N[C@@H](c2ccccc2)[C@H](O)c2ccccc2)c(OCc2ccccc2)c1=O. The van der Waals surface area contributed by atoms with Crippen LogP contribution in [0.4, 0.5) is 5.69 Å². The van der Waals surface area contributed by atoms with E-state index in [1.807, 2.05) is 91.0 Å². The van der Waals surface area contributed by atoms with Crippen molar-refractivity contribution in [3.63, 3.8) is 0 Å². The van der Waals surface area contributed by atoms with Gasteiger partial charge in [-0.25, -0.2) is 0 Å². The molecule has 5 heteroatoms. The number of hydrogen-bond donors (Lipinski definition) is 2. The molecular weight excluding hydrogens is 378 g/mol. The van der Waals surface area contributed by atoms with Gasteiger partial charge in [-0.05, 0) is 16.7 Å². The molecule has 0 fully saturated rings. The summed E-state index contributed by atoms with van der Waals surface area (Å²) in [6.45, 7) is 0.178. The lowest BCUT2D eigenvalue weighted by molar-refractivity contribution is 0.154. The van der Waals surface area contributed by atoms with E-state index < -0.39 is 23.0 Å². The molecular formula is C25H21NO4. The van der Waals surface area contributed by atoms with Crippen molar-refractivity contribution in [2.24, 2.45) is 0 Å². The van der Waals surface area contributed by atoms with E-state index in [4.69, 9.17) is 4.74 Å². The molecule has 0 spiro atoms. The monoisotopic (exact) mass is 399 g/mol. The zero-order valence-corrected chi connectivity index (χ0v) is 16.2. The van der Waals surface area contributed by atoms with Crippen molar-refractivity contribution >= 4 is 5.69 Å². The van der Waals surface area contributed by atoms with Gasteiger partial charge in [0, 0.05) is 0 Å². The van der Waals surface area contributed by atoms with E-state index in [1.165, 1.54) is 0 Å². The van der Waals surface area contributed by atoms with E-state index >= 15 is 0 Å². The molecule has 0 radical (unpaired) electrons. The minimum absolute atomic E-state index is 0.00467. The van der Waals surface area contributed by atoms with Crippen molar-refractivity contribution in [1.29, 1.82) is 0 Å². The lowest BCUT2D eigenvalue weighted by Gasteiger charge is -2.27. The van der Waals surface area contributed by atoms with Crippen LogP contribution in [0.25, 0.3) is 0 Å². The smallest absolute Gasteiger partial charge is 0.272 e. The van der Waals surface area contributed by atoms with Crippen LogP contribution >= 0.6 is 0 Å². The zero-order chi connectivity index (χ0) is 20.9. The molecule has 2 atom stereocenters. The van der Waals surface area contributed by atoms with E-state index in [1.54, 1.807) is 0 Å². The Bertz CT molecular complexity index is 1170. The Kier molecular flexibility index (Phi) is 5.72. The maximum absolute atomic E-state index is 12.3. The topological polar surface area (TPSA) is 75.6 Å². The summed E-state index contributed by atoms with van der Waals surface area (Å²) < 4.78 is 5.65. The van der Waals surface area contributed by atoms with Gasteiger partial charge in [0.2, 0.25) is 0 Å². The molecule has 0 saturated heterocycles. The van der Waals surface area contributed by atoms with E-state index in [9.17, 15) is 14.7 Å². The maximum atomic E-state index is 12.3. The van der Waals surface area contributed by atoms with Crippen molar-refractivity contribution in [1.82, 2.24) is 0 Å². The average molecular weight is 399 g/mol. The van der Waals surface area contributed by atoms with Crippen LogP contribution < -0.4 is 20.9 Å². The molecule has 4 aromatic rings. The Morgan fingerprint density at radius 1 is 0.733 bits per heavy atom. The van der Waals surface area contributed by atoms with Crippen molar-refractivity contribution in [3.05, 3.63) is 128 Å². The Labute approximate surface area is 173 Å². The fourth-order valence-electron chi connectivity index (χ4n) is 3.37. The predicted octanol–water partition coefficient (Wildman–Crippen LogP) is 3.75. The molecule has 0 heterocycles. The van der Waals surface area contributed by atoms with Gasteiger partial charge in [0.1, 0.15) is 18.4 Å². The fraction of sp³-hybridized carbons (Fsp3) is 0.120. The third kappa shape index (κ3) is 4.02. The highest BCUT2D eigenvalue weighted by molar-refractivity contribution is 5.63. The molecule has 2 N–H and O–H groups in total. The molecule has 4 aromatic carbocycles. The normalized spacial score (nSPS) is 13.0. The third-order valence-electron chi connectivity index (χ3n) is 5.01.